The Kier molecular flexibility index (Phi) is 35.4. The summed E-state index contributed by atoms with van der Waals surface area (Å²) in [6.07, 6.45) is 0.833. The molecule has 7 nitrogen and oxygen atoms in total. The normalized spacial score (nSPS) is 7.53. The zero-order valence-corrected chi connectivity index (χ0v) is 11.4. The number of hydrogen-bond donors (Lipinski definition) is 3. The van der Waals surface area contributed by atoms with Gasteiger partial charge in [-0.1, -0.05) is 0 Å². The summed E-state index contributed by atoms with van der Waals surface area (Å²) in [5, 5.41) is 25.8. The number of carboxylic acids is 2. The highest BCUT2D eigenvalue weighted by Gasteiger charge is 1.72. The van der Waals surface area contributed by atoms with Crippen LogP contribution in [0.4, 0.5) is 0 Å². The van der Waals surface area contributed by atoms with E-state index in [4.69, 9.17) is 24.9 Å². The maximum atomic E-state index is 8.89. The van der Waals surface area contributed by atoms with Gasteiger partial charge >= 0.3 is 0 Å². The van der Waals surface area contributed by atoms with Crippen molar-refractivity contribution in [2.45, 2.75) is 20.3 Å². The van der Waals surface area contributed by atoms with E-state index in [-0.39, 0.29) is 6.61 Å². The van der Waals surface area contributed by atoms with Crippen molar-refractivity contribution in [1.29, 1.82) is 0 Å². The van der Waals surface area contributed by atoms with Gasteiger partial charge in [0.2, 0.25) is 0 Å². The lowest BCUT2D eigenvalue weighted by atomic mass is 10.5. The van der Waals surface area contributed by atoms with Crippen LogP contribution in [0.25, 0.3) is 0 Å². The third-order valence-electron chi connectivity index (χ3n) is 0.408. The largest absolute Gasteiger partial charge is 0.550 e. The van der Waals surface area contributed by atoms with Crippen molar-refractivity contribution >= 4 is 11.9 Å². The molecule has 0 aromatic rings. The van der Waals surface area contributed by atoms with Crippen molar-refractivity contribution in [2.75, 3.05) is 34.3 Å². The zero-order chi connectivity index (χ0) is 14.9. The molecule has 0 bridgehead atoms. The standard InChI is InChI=1S/C3H9NO.C3H9N.2C2H4O2/c4-2-1-3-5;1-4(2)3;2*1-2(3)4/h5H,1-4H2;1-3H3;2*1H3,(H,3,4). The van der Waals surface area contributed by atoms with E-state index in [0.29, 0.717) is 0 Å². The second-order valence-corrected chi connectivity index (χ2v) is 3.41. The van der Waals surface area contributed by atoms with E-state index in [0.717, 1.165) is 26.8 Å². The molecule has 0 aliphatic carbocycles. The molecule has 0 unspecified atom stereocenters. The number of aliphatic carboxylic acids is 2. The fourth-order valence-corrected chi connectivity index (χ4v) is 0.112. The van der Waals surface area contributed by atoms with Crippen molar-refractivity contribution in [3.63, 3.8) is 0 Å². The number of hydrogen-bond acceptors (Lipinski definition) is 5. The summed E-state index contributed by atoms with van der Waals surface area (Å²) in [6, 6.07) is 0. The van der Waals surface area contributed by atoms with Crippen molar-refractivity contribution in [1.82, 2.24) is 0 Å². The van der Waals surface area contributed by atoms with Crippen molar-refractivity contribution in [3.8, 4) is 0 Å². The van der Waals surface area contributed by atoms with Gasteiger partial charge in [0.05, 0.1) is 27.7 Å². The Balaban J connectivity index is -0.0000000667. The van der Waals surface area contributed by atoms with Gasteiger partial charge in [-0.25, -0.2) is 0 Å². The molecule has 0 amide bonds. The van der Waals surface area contributed by atoms with Gasteiger partial charge < -0.3 is 35.5 Å². The van der Waals surface area contributed by atoms with Gasteiger partial charge in [0.1, 0.15) is 0 Å². The molecule has 0 aliphatic heterocycles. The van der Waals surface area contributed by atoms with Gasteiger partial charge in [-0.05, 0) is 13.8 Å². The summed E-state index contributed by atoms with van der Waals surface area (Å²) in [7, 11) is 6.25. The molecule has 106 valence electrons. The SMILES string of the molecule is CC(=O)[O-].CC(=O)[O-].C[NH+](C)C.[NH3+]CCCO. The lowest BCUT2D eigenvalue weighted by Gasteiger charge is -1.88. The molecule has 0 aromatic carbocycles. The molecule has 0 radical (unpaired) electrons. The van der Waals surface area contributed by atoms with Gasteiger partial charge in [-0.3, -0.25) is 0 Å². The highest BCUT2D eigenvalue weighted by Crippen LogP contribution is 1.60. The van der Waals surface area contributed by atoms with Crippen LogP contribution >= 0.6 is 0 Å². The predicted molar refractivity (Wildman–Crippen MR) is 59.6 cm³/mol. The Morgan fingerprint density at radius 1 is 1.12 bits per heavy atom. The molecule has 0 aliphatic rings. The van der Waals surface area contributed by atoms with Crippen molar-refractivity contribution < 1.29 is 35.5 Å². The van der Waals surface area contributed by atoms with Crippen molar-refractivity contribution in [3.05, 3.63) is 0 Å². The van der Waals surface area contributed by atoms with Gasteiger partial charge in [-0.15, -0.1) is 0 Å². The summed E-state index contributed by atoms with van der Waals surface area (Å²) >= 11 is 0. The first-order valence-electron chi connectivity index (χ1n) is 5.13. The minimum Gasteiger partial charge on any atom is -0.550 e. The first kappa shape index (κ1) is 24.9. The molecule has 0 saturated carbocycles. The fourth-order valence-electron chi connectivity index (χ4n) is 0.112. The Morgan fingerprint density at radius 2 is 1.29 bits per heavy atom. The van der Waals surface area contributed by atoms with Crippen LogP contribution in [0.5, 0.6) is 0 Å². The highest BCUT2D eigenvalue weighted by atomic mass is 16.4. The quantitative estimate of drug-likeness (QED) is 0.453. The fraction of sp³-hybridized carbons (Fsp3) is 0.800. The average molecular weight is 254 g/mol. The monoisotopic (exact) mass is 254 g/mol. The number of aliphatic hydroxyl groups is 1. The summed E-state index contributed by atoms with van der Waals surface area (Å²) in [4.78, 5) is 19.2. The van der Waals surface area contributed by atoms with E-state index < -0.39 is 11.9 Å². The Bertz CT molecular complexity index is 138. The molecule has 5 N–H and O–H groups in total. The number of nitrogens with one attached hydrogen (secondary N) is 1. The third kappa shape index (κ3) is 3620. The van der Waals surface area contributed by atoms with Crippen LogP contribution in [0.2, 0.25) is 0 Å². The molecule has 7 heteroatoms. The smallest absolute Gasteiger partial charge is 0.0762 e. The average Bonchev–Trinajstić information content (AvgIpc) is 2.01. The topological polar surface area (TPSA) is 133 Å². The van der Waals surface area contributed by atoms with Crippen LogP contribution in [-0.2, 0) is 9.59 Å². The molecule has 0 saturated heterocycles. The van der Waals surface area contributed by atoms with Crippen LogP contribution < -0.4 is 20.8 Å². The second kappa shape index (κ2) is 24.2. The zero-order valence-electron chi connectivity index (χ0n) is 11.4. The molecule has 0 heterocycles. The van der Waals surface area contributed by atoms with Crippen molar-refractivity contribution in [2.24, 2.45) is 0 Å². The lowest BCUT2D eigenvalue weighted by Crippen LogP contribution is -3.02. The van der Waals surface area contributed by atoms with E-state index in [1.54, 1.807) is 0 Å². The minimum atomic E-state index is -1.08. The predicted octanol–water partition coefficient (Wildman–Crippen LogP) is -5.12. The highest BCUT2D eigenvalue weighted by molar-refractivity contribution is 5.60. The first-order valence-corrected chi connectivity index (χ1v) is 5.13. The van der Waals surface area contributed by atoms with E-state index >= 15 is 0 Å². The summed E-state index contributed by atoms with van der Waals surface area (Å²) in [6.45, 7) is 3.07. The summed E-state index contributed by atoms with van der Waals surface area (Å²) < 4.78 is 0. The molecule has 17 heavy (non-hydrogen) atoms. The van der Waals surface area contributed by atoms with Crippen LogP contribution in [0.1, 0.15) is 20.3 Å². The number of aliphatic hydroxyl groups excluding tert-OH is 1. The van der Waals surface area contributed by atoms with Gasteiger partial charge in [-0.2, -0.15) is 0 Å². The van der Waals surface area contributed by atoms with Gasteiger partial charge in [0.15, 0.2) is 0 Å². The van der Waals surface area contributed by atoms with Crippen LogP contribution in [-0.4, -0.2) is 51.3 Å². The Hall–Kier alpha value is -1.18. The number of quaternary nitrogens is 2. The van der Waals surface area contributed by atoms with E-state index in [1.807, 2.05) is 0 Å². The van der Waals surface area contributed by atoms with E-state index in [1.165, 1.54) is 4.90 Å². The molecule has 0 fully saturated rings. The molecular formula is C10H26N2O5. The minimum absolute atomic E-state index is 0.281. The second-order valence-electron chi connectivity index (χ2n) is 3.41. The van der Waals surface area contributed by atoms with E-state index in [9.17, 15) is 0 Å². The molecule has 0 atom stereocenters. The van der Waals surface area contributed by atoms with E-state index in [2.05, 4.69) is 26.9 Å². The molecule has 0 spiro atoms. The number of carboxylic acid groups (broad SMARTS) is 2. The number of rotatable bonds is 2. The summed E-state index contributed by atoms with van der Waals surface area (Å²) in [5.41, 5.74) is 3.52. The maximum Gasteiger partial charge on any atom is 0.0762 e. The lowest BCUT2D eigenvalue weighted by molar-refractivity contribution is -0.836. The van der Waals surface area contributed by atoms with Gasteiger partial charge in [0, 0.05) is 25.0 Å². The van der Waals surface area contributed by atoms with Crippen LogP contribution in [0, 0.1) is 0 Å². The third-order valence-corrected chi connectivity index (χ3v) is 0.408. The van der Waals surface area contributed by atoms with Crippen LogP contribution in [0.3, 0.4) is 0 Å². The summed E-state index contributed by atoms with van der Waals surface area (Å²) in [5.74, 6) is -2.17. The Morgan fingerprint density at radius 3 is 1.29 bits per heavy atom. The Labute approximate surface area is 103 Å². The molecular weight excluding hydrogens is 228 g/mol. The van der Waals surface area contributed by atoms with Crippen LogP contribution in [0.15, 0.2) is 0 Å². The molecule has 0 rings (SSSR count). The maximum absolute atomic E-state index is 8.89. The number of carbonyl (C=O) groups is 2. The molecule has 0 aromatic heterocycles. The number of carbonyl (C=O) groups excluding carboxylic acids is 2. The van der Waals surface area contributed by atoms with Gasteiger partial charge in [0.25, 0.3) is 0 Å². The first-order chi connectivity index (χ1) is 7.61.